The Kier molecular flexibility index (Phi) is 4.82. The van der Waals surface area contributed by atoms with Gasteiger partial charge in [-0.2, -0.15) is 0 Å². The predicted molar refractivity (Wildman–Crippen MR) is 121 cm³/mol. The van der Waals surface area contributed by atoms with E-state index in [1.807, 2.05) is 36.4 Å². The standard InChI is InChI=1S/C25H23ClN2/c1-25(2,3)28-24-20-15-14-19(26)16-21(20)22(17-10-6-4-7-11-17)23(27-24)18-12-8-5-9-13-18/h4-16H,1-3H3,(H,27,28). The molecule has 0 aliphatic heterocycles. The first-order valence-corrected chi connectivity index (χ1v) is 9.82. The summed E-state index contributed by atoms with van der Waals surface area (Å²) in [4.78, 5) is 5.11. The third kappa shape index (κ3) is 3.74. The highest BCUT2D eigenvalue weighted by Gasteiger charge is 2.20. The number of anilines is 1. The average Bonchev–Trinajstić information content (AvgIpc) is 2.67. The first-order valence-electron chi connectivity index (χ1n) is 9.45. The third-order valence-corrected chi connectivity index (χ3v) is 4.80. The van der Waals surface area contributed by atoms with Crippen molar-refractivity contribution < 1.29 is 0 Å². The number of nitrogens with zero attached hydrogens (tertiary/aromatic N) is 1. The predicted octanol–water partition coefficient (Wildman–Crippen LogP) is 7.43. The second-order valence-electron chi connectivity index (χ2n) is 7.98. The summed E-state index contributed by atoms with van der Waals surface area (Å²) >= 11 is 6.42. The van der Waals surface area contributed by atoms with Crippen molar-refractivity contribution in [1.29, 1.82) is 0 Å². The molecule has 4 rings (SSSR count). The van der Waals surface area contributed by atoms with E-state index in [1.165, 1.54) is 0 Å². The molecule has 0 aliphatic rings. The molecule has 0 fully saturated rings. The minimum absolute atomic E-state index is 0.109. The molecule has 4 aromatic rings. The van der Waals surface area contributed by atoms with Gasteiger partial charge in [-0.3, -0.25) is 0 Å². The quantitative estimate of drug-likeness (QED) is 0.396. The SMILES string of the molecule is CC(C)(C)Nc1nc(-c2ccccc2)c(-c2ccccc2)c2cc(Cl)ccc12. The van der Waals surface area contributed by atoms with Gasteiger partial charge in [0, 0.05) is 27.1 Å². The van der Waals surface area contributed by atoms with Crippen LogP contribution in [0.4, 0.5) is 5.82 Å². The van der Waals surface area contributed by atoms with Crippen molar-refractivity contribution in [3.8, 4) is 22.4 Å². The largest absolute Gasteiger partial charge is 0.365 e. The van der Waals surface area contributed by atoms with Gasteiger partial charge in [0.15, 0.2) is 0 Å². The second kappa shape index (κ2) is 7.29. The van der Waals surface area contributed by atoms with E-state index in [2.05, 4.69) is 68.6 Å². The van der Waals surface area contributed by atoms with Gasteiger partial charge in [0.05, 0.1) is 5.69 Å². The number of aromatic nitrogens is 1. The van der Waals surface area contributed by atoms with Crippen LogP contribution in [0.2, 0.25) is 5.02 Å². The molecule has 0 saturated carbocycles. The Labute approximate surface area is 171 Å². The van der Waals surface area contributed by atoms with E-state index in [0.29, 0.717) is 0 Å². The summed E-state index contributed by atoms with van der Waals surface area (Å²) in [6, 6.07) is 26.7. The molecule has 1 heterocycles. The number of hydrogen-bond acceptors (Lipinski definition) is 2. The van der Waals surface area contributed by atoms with Gasteiger partial charge in [0.1, 0.15) is 5.82 Å². The molecule has 1 N–H and O–H groups in total. The van der Waals surface area contributed by atoms with Gasteiger partial charge in [-0.1, -0.05) is 72.3 Å². The zero-order valence-corrected chi connectivity index (χ0v) is 17.1. The van der Waals surface area contributed by atoms with Gasteiger partial charge in [0.25, 0.3) is 0 Å². The highest BCUT2D eigenvalue weighted by atomic mass is 35.5. The molecule has 0 atom stereocenters. The van der Waals surface area contributed by atoms with Crippen molar-refractivity contribution in [2.24, 2.45) is 0 Å². The van der Waals surface area contributed by atoms with E-state index in [9.17, 15) is 0 Å². The van der Waals surface area contributed by atoms with Crippen LogP contribution in [0.5, 0.6) is 0 Å². The van der Waals surface area contributed by atoms with Crippen molar-refractivity contribution in [2.75, 3.05) is 5.32 Å². The number of pyridine rings is 1. The molecular weight excluding hydrogens is 364 g/mol. The molecule has 0 amide bonds. The van der Waals surface area contributed by atoms with Crippen LogP contribution >= 0.6 is 11.6 Å². The zero-order chi connectivity index (χ0) is 19.7. The summed E-state index contributed by atoms with van der Waals surface area (Å²) in [6.45, 7) is 6.43. The molecule has 0 aliphatic carbocycles. The number of hydrogen-bond donors (Lipinski definition) is 1. The summed E-state index contributed by atoms with van der Waals surface area (Å²) in [6.07, 6.45) is 0. The Hall–Kier alpha value is -2.84. The number of rotatable bonds is 3. The van der Waals surface area contributed by atoms with Crippen LogP contribution in [-0.4, -0.2) is 10.5 Å². The van der Waals surface area contributed by atoms with Crippen LogP contribution in [-0.2, 0) is 0 Å². The monoisotopic (exact) mass is 386 g/mol. The van der Waals surface area contributed by atoms with E-state index in [1.54, 1.807) is 0 Å². The summed E-state index contributed by atoms with van der Waals surface area (Å²) < 4.78 is 0. The summed E-state index contributed by atoms with van der Waals surface area (Å²) in [7, 11) is 0. The van der Waals surface area contributed by atoms with Gasteiger partial charge in [-0.25, -0.2) is 4.98 Å². The first kappa shape index (κ1) is 18.5. The molecule has 28 heavy (non-hydrogen) atoms. The van der Waals surface area contributed by atoms with Crippen LogP contribution in [0.15, 0.2) is 78.9 Å². The average molecular weight is 387 g/mol. The molecule has 1 aromatic heterocycles. The van der Waals surface area contributed by atoms with Crippen molar-refractivity contribution in [1.82, 2.24) is 4.98 Å². The minimum Gasteiger partial charge on any atom is -0.365 e. The number of benzene rings is 3. The first-order chi connectivity index (χ1) is 13.4. The van der Waals surface area contributed by atoms with Crippen molar-refractivity contribution >= 4 is 28.2 Å². The zero-order valence-electron chi connectivity index (χ0n) is 16.3. The van der Waals surface area contributed by atoms with Crippen LogP contribution in [0, 0.1) is 0 Å². The maximum atomic E-state index is 6.42. The Morgan fingerprint density at radius 1 is 0.750 bits per heavy atom. The van der Waals surface area contributed by atoms with E-state index < -0.39 is 0 Å². The lowest BCUT2D eigenvalue weighted by Crippen LogP contribution is -2.27. The summed E-state index contributed by atoms with van der Waals surface area (Å²) in [5.41, 5.74) is 4.16. The van der Waals surface area contributed by atoms with Crippen LogP contribution in [0.1, 0.15) is 20.8 Å². The Bertz CT molecular complexity index is 1110. The second-order valence-corrected chi connectivity index (χ2v) is 8.42. The highest BCUT2D eigenvalue weighted by molar-refractivity contribution is 6.31. The molecule has 0 unspecified atom stereocenters. The Morgan fingerprint density at radius 3 is 1.96 bits per heavy atom. The summed E-state index contributed by atoms with van der Waals surface area (Å²) in [5.74, 6) is 0.873. The Balaban J connectivity index is 2.12. The topological polar surface area (TPSA) is 24.9 Å². The maximum absolute atomic E-state index is 6.42. The van der Waals surface area contributed by atoms with Crippen LogP contribution < -0.4 is 5.32 Å². The van der Waals surface area contributed by atoms with Gasteiger partial charge in [0.2, 0.25) is 0 Å². The normalized spacial score (nSPS) is 11.6. The maximum Gasteiger partial charge on any atom is 0.135 e. The van der Waals surface area contributed by atoms with E-state index in [-0.39, 0.29) is 5.54 Å². The molecule has 0 saturated heterocycles. The smallest absolute Gasteiger partial charge is 0.135 e. The van der Waals surface area contributed by atoms with Crippen molar-refractivity contribution in [3.63, 3.8) is 0 Å². The van der Waals surface area contributed by atoms with Gasteiger partial charge < -0.3 is 5.32 Å². The van der Waals surface area contributed by atoms with Crippen LogP contribution in [0.3, 0.4) is 0 Å². The molecule has 3 aromatic carbocycles. The van der Waals surface area contributed by atoms with Gasteiger partial charge in [-0.05, 0) is 49.9 Å². The Morgan fingerprint density at radius 2 is 1.36 bits per heavy atom. The fourth-order valence-electron chi connectivity index (χ4n) is 3.44. The van der Waals surface area contributed by atoms with Gasteiger partial charge in [-0.15, -0.1) is 0 Å². The lowest BCUT2D eigenvalue weighted by Gasteiger charge is -2.24. The molecule has 140 valence electrons. The number of fused-ring (bicyclic) bond motifs is 1. The van der Waals surface area contributed by atoms with E-state index in [4.69, 9.17) is 16.6 Å². The molecule has 0 bridgehead atoms. The van der Waals surface area contributed by atoms with Gasteiger partial charge >= 0.3 is 0 Å². The van der Waals surface area contributed by atoms with Crippen molar-refractivity contribution in [3.05, 3.63) is 83.9 Å². The fraction of sp³-hybridized carbons (Fsp3) is 0.160. The lowest BCUT2D eigenvalue weighted by molar-refractivity contribution is 0.632. The molecule has 2 nitrogen and oxygen atoms in total. The number of halogens is 1. The molecule has 0 spiro atoms. The number of nitrogens with one attached hydrogen (secondary N) is 1. The van der Waals surface area contributed by atoms with Crippen molar-refractivity contribution in [2.45, 2.75) is 26.3 Å². The molecule has 0 radical (unpaired) electrons. The van der Waals surface area contributed by atoms with E-state index in [0.717, 1.165) is 44.0 Å². The lowest BCUT2D eigenvalue weighted by atomic mass is 9.93. The summed E-state index contributed by atoms with van der Waals surface area (Å²) in [5, 5.41) is 6.46. The fourth-order valence-corrected chi connectivity index (χ4v) is 3.61. The highest BCUT2D eigenvalue weighted by Crippen LogP contribution is 2.40. The minimum atomic E-state index is -0.109. The third-order valence-electron chi connectivity index (χ3n) is 4.57. The van der Waals surface area contributed by atoms with Crippen LogP contribution in [0.25, 0.3) is 33.2 Å². The molecule has 3 heteroatoms. The molecular formula is C25H23ClN2. The van der Waals surface area contributed by atoms with E-state index >= 15 is 0 Å².